The highest BCUT2D eigenvalue weighted by molar-refractivity contribution is 7.12. The zero-order valence-corrected chi connectivity index (χ0v) is 12.8. The zero-order valence-electron chi connectivity index (χ0n) is 12.0. The van der Waals surface area contributed by atoms with Gasteiger partial charge in [0.25, 0.3) is 5.91 Å². The molecule has 0 bridgehead atoms. The molecule has 1 aromatic heterocycles. The summed E-state index contributed by atoms with van der Waals surface area (Å²) in [6, 6.07) is 9.87. The molecule has 1 aliphatic heterocycles. The van der Waals surface area contributed by atoms with Crippen molar-refractivity contribution in [1.82, 2.24) is 0 Å². The molecule has 0 spiro atoms. The van der Waals surface area contributed by atoms with Crippen LogP contribution in [-0.4, -0.2) is 30.6 Å². The molecule has 0 aliphatic carbocycles. The maximum Gasteiger partial charge on any atom is 0.347 e. The summed E-state index contributed by atoms with van der Waals surface area (Å²) in [5, 5.41) is 4.52. The van der Waals surface area contributed by atoms with E-state index in [1.54, 1.807) is 30.3 Å². The van der Waals surface area contributed by atoms with Crippen LogP contribution in [0.15, 0.2) is 41.8 Å². The second-order valence-corrected chi connectivity index (χ2v) is 5.81. The van der Waals surface area contributed by atoms with E-state index in [2.05, 4.69) is 5.32 Å². The fourth-order valence-corrected chi connectivity index (χ4v) is 2.72. The Balaban J connectivity index is 1.68. The Kier molecular flexibility index (Phi) is 4.38. The summed E-state index contributed by atoms with van der Waals surface area (Å²) in [5.74, 6) is -1.40. The van der Waals surface area contributed by atoms with Gasteiger partial charge in [-0.3, -0.25) is 4.79 Å². The van der Waals surface area contributed by atoms with Gasteiger partial charge in [0.1, 0.15) is 0 Å². The van der Waals surface area contributed by atoms with Crippen molar-refractivity contribution in [2.45, 2.75) is 12.5 Å². The summed E-state index contributed by atoms with van der Waals surface area (Å²) >= 11 is 1.33. The van der Waals surface area contributed by atoms with E-state index in [1.165, 1.54) is 17.4 Å². The van der Waals surface area contributed by atoms with Crippen LogP contribution in [0, 0.1) is 0 Å². The van der Waals surface area contributed by atoms with E-state index in [-0.39, 0.29) is 18.1 Å². The summed E-state index contributed by atoms with van der Waals surface area (Å²) in [7, 11) is 0. The standard InChI is InChI=1S/C16H13NO5S/c18-14(13-5-2-8-23-13)17-11-4-1-3-10(9-11)15(19)22-12-6-7-21-16(12)20/h1-5,8-9,12H,6-7H2,(H,17,18). The summed E-state index contributed by atoms with van der Waals surface area (Å²) in [4.78, 5) is 36.0. The summed E-state index contributed by atoms with van der Waals surface area (Å²) in [5.41, 5.74) is 0.737. The van der Waals surface area contributed by atoms with Crippen LogP contribution in [-0.2, 0) is 14.3 Å². The fraction of sp³-hybridized carbons (Fsp3) is 0.188. The lowest BCUT2D eigenvalue weighted by molar-refractivity contribution is -0.145. The van der Waals surface area contributed by atoms with E-state index in [9.17, 15) is 14.4 Å². The van der Waals surface area contributed by atoms with Crippen molar-refractivity contribution in [1.29, 1.82) is 0 Å². The number of carbonyl (C=O) groups is 3. The molecule has 118 valence electrons. The number of ether oxygens (including phenoxy) is 2. The second-order valence-electron chi connectivity index (χ2n) is 4.86. The van der Waals surface area contributed by atoms with E-state index in [0.717, 1.165) is 0 Å². The third-order valence-electron chi connectivity index (χ3n) is 3.24. The van der Waals surface area contributed by atoms with Crippen LogP contribution in [0.4, 0.5) is 5.69 Å². The predicted octanol–water partition coefficient (Wildman–Crippen LogP) is 2.47. The predicted molar refractivity (Wildman–Crippen MR) is 83.5 cm³/mol. The van der Waals surface area contributed by atoms with Crippen molar-refractivity contribution in [2.24, 2.45) is 0 Å². The number of amides is 1. The molecule has 1 N–H and O–H groups in total. The number of benzene rings is 1. The van der Waals surface area contributed by atoms with Gasteiger partial charge >= 0.3 is 11.9 Å². The van der Waals surface area contributed by atoms with Gasteiger partial charge in [0.2, 0.25) is 6.10 Å². The molecule has 1 unspecified atom stereocenters. The molecule has 7 heteroatoms. The van der Waals surface area contributed by atoms with Crippen molar-refractivity contribution in [3.63, 3.8) is 0 Å². The Morgan fingerprint density at radius 2 is 2.13 bits per heavy atom. The minimum atomic E-state index is -0.855. The maximum atomic E-state index is 12.1. The van der Waals surface area contributed by atoms with Crippen LogP contribution in [0.5, 0.6) is 0 Å². The number of hydrogen-bond acceptors (Lipinski definition) is 6. The van der Waals surface area contributed by atoms with E-state index in [0.29, 0.717) is 17.0 Å². The molecule has 1 atom stereocenters. The van der Waals surface area contributed by atoms with Crippen molar-refractivity contribution in [3.8, 4) is 0 Å². The maximum absolute atomic E-state index is 12.1. The minimum absolute atomic E-state index is 0.245. The van der Waals surface area contributed by atoms with E-state index < -0.39 is 18.0 Å². The Morgan fingerprint density at radius 1 is 1.26 bits per heavy atom. The highest BCUT2D eigenvalue weighted by Gasteiger charge is 2.30. The van der Waals surface area contributed by atoms with Crippen LogP contribution >= 0.6 is 11.3 Å². The fourth-order valence-electron chi connectivity index (χ4n) is 2.11. The van der Waals surface area contributed by atoms with Gasteiger partial charge in [0.15, 0.2) is 0 Å². The lowest BCUT2D eigenvalue weighted by Gasteiger charge is -2.09. The molecule has 2 aromatic rings. The quantitative estimate of drug-likeness (QED) is 0.871. The number of thiophene rings is 1. The average Bonchev–Trinajstić information content (AvgIpc) is 3.20. The Bertz CT molecular complexity index is 741. The second kappa shape index (κ2) is 6.62. The van der Waals surface area contributed by atoms with Crippen molar-refractivity contribution in [2.75, 3.05) is 11.9 Å². The molecule has 6 nitrogen and oxygen atoms in total. The number of rotatable bonds is 4. The van der Waals surface area contributed by atoms with Crippen LogP contribution in [0.1, 0.15) is 26.5 Å². The van der Waals surface area contributed by atoms with Crippen molar-refractivity contribution in [3.05, 3.63) is 52.2 Å². The topological polar surface area (TPSA) is 81.7 Å². The van der Waals surface area contributed by atoms with Gasteiger partial charge in [-0.2, -0.15) is 0 Å². The number of hydrogen-bond donors (Lipinski definition) is 1. The number of esters is 2. The highest BCUT2D eigenvalue weighted by atomic mass is 32.1. The molecule has 0 radical (unpaired) electrons. The lowest BCUT2D eigenvalue weighted by atomic mass is 10.2. The number of nitrogens with one attached hydrogen (secondary N) is 1. The number of carbonyl (C=O) groups excluding carboxylic acids is 3. The molecule has 23 heavy (non-hydrogen) atoms. The molecule has 1 amide bonds. The first kappa shape index (κ1) is 15.2. The van der Waals surface area contributed by atoms with Gasteiger partial charge in [0.05, 0.1) is 17.0 Å². The van der Waals surface area contributed by atoms with Crippen LogP contribution in [0.2, 0.25) is 0 Å². The molecule has 2 heterocycles. The zero-order chi connectivity index (χ0) is 16.2. The van der Waals surface area contributed by atoms with Crippen molar-refractivity contribution >= 4 is 34.9 Å². The van der Waals surface area contributed by atoms with Gasteiger partial charge in [-0.05, 0) is 29.6 Å². The molecule has 3 rings (SSSR count). The minimum Gasteiger partial charge on any atom is -0.463 e. The van der Waals surface area contributed by atoms with E-state index in [4.69, 9.17) is 9.47 Å². The molecule has 1 saturated heterocycles. The first-order valence-corrected chi connectivity index (χ1v) is 7.84. The first-order valence-electron chi connectivity index (χ1n) is 6.96. The SMILES string of the molecule is O=C(OC1CCOC1=O)c1cccc(NC(=O)c2cccs2)c1. The number of cyclic esters (lactones) is 1. The van der Waals surface area contributed by atoms with E-state index >= 15 is 0 Å². The Hall–Kier alpha value is -2.67. The number of anilines is 1. The van der Waals surface area contributed by atoms with Gasteiger partial charge < -0.3 is 14.8 Å². The Labute approximate surface area is 136 Å². The van der Waals surface area contributed by atoms with E-state index in [1.807, 2.05) is 5.38 Å². The highest BCUT2D eigenvalue weighted by Crippen LogP contribution is 2.17. The monoisotopic (exact) mass is 331 g/mol. The molecule has 0 saturated carbocycles. The normalized spacial score (nSPS) is 16.7. The van der Waals surface area contributed by atoms with Gasteiger partial charge in [-0.15, -0.1) is 11.3 Å². The molecular formula is C16H13NO5S. The first-order chi connectivity index (χ1) is 11.1. The Morgan fingerprint density at radius 3 is 2.83 bits per heavy atom. The average molecular weight is 331 g/mol. The van der Waals surface area contributed by atoms with Crippen LogP contribution < -0.4 is 5.32 Å². The van der Waals surface area contributed by atoms with Crippen LogP contribution in [0.25, 0.3) is 0 Å². The lowest BCUT2D eigenvalue weighted by Crippen LogP contribution is -2.22. The van der Waals surface area contributed by atoms with Crippen LogP contribution in [0.3, 0.4) is 0 Å². The third kappa shape index (κ3) is 3.57. The molecule has 1 aromatic carbocycles. The largest absolute Gasteiger partial charge is 0.463 e. The molecule has 1 aliphatic rings. The molecular weight excluding hydrogens is 318 g/mol. The van der Waals surface area contributed by atoms with Gasteiger partial charge in [0, 0.05) is 12.1 Å². The molecule has 1 fully saturated rings. The van der Waals surface area contributed by atoms with Crippen molar-refractivity contribution < 1.29 is 23.9 Å². The van der Waals surface area contributed by atoms with Gasteiger partial charge in [-0.25, -0.2) is 9.59 Å². The summed E-state index contributed by atoms with van der Waals surface area (Å²) in [6.07, 6.45) is -0.494. The van der Waals surface area contributed by atoms with Gasteiger partial charge in [-0.1, -0.05) is 12.1 Å². The summed E-state index contributed by atoms with van der Waals surface area (Å²) < 4.78 is 9.87. The smallest absolute Gasteiger partial charge is 0.347 e. The third-order valence-corrected chi connectivity index (χ3v) is 4.11. The summed E-state index contributed by atoms with van der Waals surface area (Å²) in [6.45, 7) is 0.258.